The zero-order valence-electron chi connectivity index (χ0n) is 16.6. The van der Waals surface area contributed by atoms with Crippen molar-refractivity contribution in [2.75, 3.05) is 25.5 Å². The lowest BCUT2D eigenvalue weighted by molar-refractivity contribution is -0.129. The van der Waals surface area contributed by atoms with Gasteiger partial charge in [-0.15, -0.1) is 5.10 Å². The molecule has 1 amide bonds. The molecule has 0 saturated carbocycles. The molecule has 2 aliphatic rings. The van der Waals surface area contributed by atoms with E-state index in [9.17, 15) is 4.79 Å². The van der Waals surface area contributed by atoms with E-state index >= 15 is 0 Å². The average molecular weight is 458 g/mol. The van der Waals surface area contributed by atoms with Gasteiger partial charge in [-0.1, -0.05) is 35.5 Å². The van der Waals surface area contributed by atoms with Gasteiger partial charge in [0.25, 0.3) is 0 Å². The molecule has 2 aliphatic heterocycles. The van der Waals surface area contributed by atoms with Gasteiger partial charge in [-0.3, -0.25) is 4.79 Å². The number of halogens is 1. The van der Waals surface area contributed by atoms with Gasteiger partial charge in [0.15, 0.2) is 11.5 Å². The molecule has 0 aliphatic carbocycles. The number of amides is 1. The van der Waals surface area contributed by atoms with E-state index < -0.39 is 0 Å². The number of tetrazole rings is 1. The molecule has 0 spiro atoms. The van der Waals surface area contributed by atoms with Crippen molar-refractivity contribution in [3.63, 3.8) is 0 Å². The van der Waals surface area contributed by atoms with Gasteiger partial charge < -0.3 is 14.4 Å². The summed E-state index contributed by atoms with van der Waals surface area (Å²) in [7, 11) is 0. The molecule has 0 radical (unpaired) electrons. The number of rotatable bonds is 5. The highest BCUT2D eigenvalue weighted by Crippen LogP contribution is 2.38. The third kappa shape index (κ3) is 4.20. The van der Waals surface area contributed by atoms with Gasteiger partial charge in [0.05, 0.1) is 17.5 Å². The maximum absolute atomic E-state index is 13.1. The average Bonchev–Trinajstić information content (AvgIpc) is 3.47. The van der Waals surface area contributed by atoms with Crippen LogP contribution < -0.4 is 9.47 Å². The van der Waals surface area contributed by atoms with Gasteiger partial charge in [-0.05, 0) is 59.2 Å². The topological polar surface area (TPSA) is 82.4 Å². The number of fused-ring (bicyclic) bond motifs is 1. The van der Waals surface area contributed by atoms with Crippen LogP contribution in [0, 0.1) is 0 Å². The van der Waals surface area contributed by atoms with Crippen molar-refractivity contribution < 1.29 is 14.3 Å². The van der Waals surface area contributed by atoms with E-state index in [-0.39, 0.29) is 17.7 Å². The fourth-order valence-electron chi connectivity index (χ4n) is 3.93. The zero-order valence-corrected chi connectivity index (χ0v) is 18.2. The van der Waals surface area contributed by atoms with Gasteiger partial charge in [0.1, 0.15) is 13.2 Å². The van der Waals surface area contributed by atoms with E-state index in [0.717, 1.165) is 42.1 Å². The van der Waals surface area contributed by atoms with Gasteiger partial charge in [0.2, 0.25) is 11.1 Å². The Bertz CT molecular complexity index is 1110. The minimum Gasteiger partial charge on any atom is -0.486 e. The van der Waals surface area contributed by atoms with Crippen LogP contribution in [-0.4, -0.2) is 56.5 Å². The number of hydrogen-bond acceptors (Lipinski definition) is 7. The molecule has 31 heavy (non-hydrogen) atoms. The van der Waals surface area contributed by atoms with Crippen molar-refractivity contribution in [2.45, 2.75) is 24.0 Å². The van der Waals surface area contributed by atoms with Crippen molar-refractivity contribution in [3.8, 4) is 17.2 Å². The zero-order chi connectivity index (χ0) is 21.2. The normalized spacial score (nSPS) is 17.7. The summed E-state index contributed by atoms with van der Waals surface area (Å²) in [5.41, 5.74) is 1.83. The van der Waals surface area contributed by atoms with E-state index in [1.165, 1.54) is 11.8 Å². The smallest absolute Gasteiger partial charge is 0.233 e. The second-order valence-electron chi connectivity index (χ2n) is 7.29. The number of carbonyl (C=O) groups excluding carboxylic acids is 1. The summed E-state index contributed by atoms with van der Waals surface area (Å²) in [4.78, 5) is 15.0. The highest BCUT2D eigenvalue weighted by Gasteiger charge is 2.31. The first-order valence-corrected chi connectivity index (χ1v) is 11.4. The number of carbonyl (C=O) groups is 1. The fraction of sp³-hybridized carbons (Fsp3) is 0.333. The number of ether oxygens (including phenoxy) is 2. The Morgan fingerprint density at radius 1 is 1.16 bits per heavy atom. The van der Waals surface area contributed by atoms with E-state index in [1.54, 1.807) is 16.8 Å². The van der Waals surface area contributed by atoms with Crippen LogP contribution >= 0.6 is 23.4 Å². The van der Waals surface area contributed by atoms with Crippen molar-refractivity contribution in [1.29, 1.82) is 0 Å². The summed E-state index contributed by atoms with van der Waals surface area (Å²) in [6.07, 6.45) is 1.89. The second-order valence-corrected chi connectivity index (χ2v) is 8.67. The first-order chi connectivity index (χ1) is 15.2. The standard InChI is InChI=1S/C21H20ClN5O3S/c22-15-3-1-4-16(12-15)27-21(23-24-25-27)31-13-20(28)26-8-2-5-17(26)14-6-7-18-19(11-14)30-10-9-29-18/h1,3-4,6-7,11-12,17H,2,5,8-10,13H2/t17-/m1/s1. The fourth-order valence-corrected chi connectivity index (χ4v) is 4.89. The Balaban J connectivity index is 1.28. The van der Waals surface area contributed by atoms with Crippen LogP contribution in [0.25, 0.3) is 5.69 Å². The van der Waals surface area contributed by atoms with E-state index in [0.29, 0.717) is 23.4 Å². The predicted molar refractivity (Wildman–Crippen MR) is 116 cm³/mol. The van der Waals surface area contributed by atoms with Crippen molar-refractivity contribution in [2.24, 2.45) is 0 Å². The van der Waals surface area contributed by atoms with Gasteiger partial charge in [-0.2, -0.15) is 4.68 Å². The molecule has 3 aromatic rings. The molecule has 0 bridgehead atoms. The molecule has 1 fully saturated rings. The minimum absolute atomic E-state index is 0.0350. The lowest BCUT2D eigenvalue weighted by Crippen LogP contribution is -2.32. The molecule has 1 aromatic heterocycles. The monoisotopic (exact) mass is 457 g/mol. The van der Waals surface area contributed by atoms with Gasteiger partial charge in [-0.25, -0.2) is 0 Å². The molecule has 160 valence electrons. The molecule has 5 rings (SSSR count). The molecular weight excluding hydrogens is 438 g/mol. The number of thioether (sulfide) groups is 1. The van der Waals surface area contributed by atoms with Crippen LogP contribution in [0.1, 0.15) is 24.4 Å². The largest absolute Gasteiger partial charge is 0.486 e. The molecular formula is C21H20ClN5O3S. The SMILES string of the molecule is O=C(CSc1nnnn1-c1cccc(Cl)c1)N1CCC[C@@H]1c1ccc2c(c1)OCCO2. The Kier molecular flexibility index (Phi) is 5.69. The highest BCUT2D eigenvalue weighted by atomic mass is 35.5. The summed E-state index contributed by atoms with van der Waals surface area (Å²) in [5.74, 6) is 1.82. The molecule has 1 atom stereocenters. The van der Waals surface area contributed by atoms with E-state index in [1.807, 2.05) is 35.2 Å². The van der Waals surface area contributed by atoms with Gasteiger partial charge >= 0.3 is 0 Å². The molecule has 1 saturated heterocycles. The third-order valence-electron chi connectivity index (χ3n) is 5.34. The summed E-state index contributed by atoms with van der Waals surface area (Å²) in [5, 5.41) is 13.0. The maximum atomic E-state index is 13.1. The van der Waals surface area contributed by atoms with Crippen molar-refractivity contribution >= 4 is 29.3 Å². The molecule has 0 N–H and O–H groups in total. The highest BCUT2D eigenvalue weighted by molar-refractivity contribution is 7.99. The van der Waals surface area contributed by atoms with Crippen LogP contribution in [0.15, 0.2) is 47.6 Å². The number of hydrogen-bond donors (Lipinski definition) is 0. The molecule has 8 nitrogen and oxygen atoms in total. The maximum Gasteiger partial charge on any atom is 0.233 e. The molecule has 2 aromatic carbocycles. The summed E-state index contributed by atoms with van der Waals surface area (Å²) < 4.78 is 12.9. The first kappa shape index (κ1) is 20.1. The number of likely N-dealkylation sites (tertiary alicyclic amines) is 1. The molecule has 0 unspecified atom stereocenters. The Morgan fingerprint density at radius 3 is 2.90 bits per heavy atom. The molecule has 10 heteroatoms. The van der Waals surface area contributed by atoms with Crippen LogP contribution in [0.2, 0.25) is 5.02 Å². The number of nitrogens with zero attached hydrogens (tertiary/aromatic N) is 5. The molecule has 3 heterocycles. The summed E-state index contributed by atoms with van der Waals surface area (Å²) >= 11 is 7.40. The third-order valence-corrected chi connectivity index (χ3v) is 6.48. The van der Waals surface area contributed by atoms with Crippen LogP contribution in [0.4, 0.5) is 0 Å². The number of benzene rings is 2. The van der Waals surface area contributed by atoms with Crippen LogP contribution in [0.5, 0.6) is 11.5 Å². The second kappa shape index (κ2) is 8.76. The lowest BCUT2D eigenvalue weighted by Gasteiger charge is -2.26. The Labute approximate surface area is 188 Å². The Morgan fingerprint density at radius 2 is 2.03 bits per heavy atom. The quantitative estimate of drug-likeness (QED) is 0.542. The van der Waals surface area contributed by atoms with E-state index in [4.69, 9.17) is 21.1 Å². The number of aromatic nitrogens is 4. The van der Waals surface area contributed by atoms with Crippen molar-refractivity contribution in [1.82, 2.24) is 25.1 Å². The minimum atomic E-state index is 0.0350. The Hall–Kier alpha value is -2.78. The van der Waals surface area contributed by atoms with Crippen LogP contribution in [0.3, 0.4) is 0 Å². The summed E-state index contributed by atoms with van der Waals surface area (Å²) in [6.45, 7) is 1.84. The van der Waals surface area contributed by atoms with Crippen molar-refractivity contribution in [3.05, 3.63) is 53.1 Å². The van der Waals surface area contributed by atoms with Crippen LogP contribution in [-0.2, 0) is 4.79 Å². The van der Waals surface area contributed by atoms with Gasteiger partial charge in [0, 0.05) is 11.6 Å². The predicted octanol–water partition coefficient (Wildman–Crippen LogP) is 3.54. The first-order valence-electron chi connectivity index (χ1n) is 10.1. The lowest BCUT2D eigenvalue weighted by atomic mass is 10.0. The van der Waals surface area contributed by atoms with E-state index in [2.05, 4.69) is 15.5 Å². The summed E-state index contributed by atoms with van der Waals surface area (Å²) in [6, 6.07) is 13.3.